The van der Waals surface area contributed by atoms with Crippen LogP contribution in [0, 0.1) is 19.8 Å². The minimum atomic E-state index is -4.03. The Labute approximate surface area is 257 Å². The summed E-state index contributed by atoms with van der Waals surface area (Å²) >= 11 is 0. The number of fused-ring (bicyclic) bond motifs is 1. The van der Waals surface area contributed by atoms with Crippen molar-refractivity contribution in [3.05, 3.63) is 59.5 Å². The van der Waals surface area contributed by atoms with Gasteiger partial charge < -0.3 is 34.2 Å². The third-order valence-electron chi connectivity index (χ3n) is 7.55. The van der Waals surface area contributed by atoms with Crippen LogP contribution in [-0.2, 0) is 21.2 Å². The van der Waals surface area contributed by atoms with Gasteiger partial charge in [-0.25, -0.2) is 13.2 Å². The van der Waals surface area contributed by atoms with Gasteiger partial charge in [-0.3, -0.25) is 9.52 Å². The van der Waals surface area contributed by atoms with E-state index in [2.05, 4.69) is 15.2 Å². The topological polar surface area (TPSA) is 164 Å². The molecule has 2 heterocycles. The number of urea groups is 1. The average molecular weight is 630 g/mol. The molecule has 0 aliphatic carbocycles. The summed E-state index contributed by atoms with van der Waals surface area (Å²) in [4.78, 5) is 29.6. The van der Waals surface area contributed by atoms with Crippen LogP contribution in [-0.4, -0.2) is 86.4 Å². The van der Waals surface area contributed by atoms with Crippen molar-refractivity contribution < 1.29 is 37.1 Å². The second kappa shape index (κ2) is 13.6. The minimum Gasteiger partial charge on any atom is -0.497 e. The summed E-state index contributed by atoms with van der Waals surface area (Å²) in [5.74, 6) is 0.714. The number of aliphatic hydroxyl groups excluding tert-OH is 1. The number of amides is 3. The number of sulfonamides is 1. The quantitative estimate of drug-likeness (QED) is 0.322. The fourth-order valence-electron chi connectivity index (χ4n) is 5.02. The first-order valence-corrected chi connectivity index (χ1v) is 15.6. The number of hydrogen-bond donors (Lipinski definition) is 3. The van der Waals surface area contributed by atoms with E-state index in [-0.39, 0.29) is 66.0 Å². The maximum atomic E-state index is 13.5. The highest BCUT2D eigenvalue weighted by molar-refractivity contribution is 7.92. The number of anilines is 2. The number of ether oxygens (including phenoxy) is 2. The fraction of sp³-hybridized carbons (Fsp3) is 0.433. The van der Waals surface area contributed by atoms with Crippen molar-refractivity contribution in [3.63, 3.8) is 0 Å². The lowest BCUT2D eigenvalue weighted by atomic mass is 10.0. The maximum absolute atomic E-state index is 13.5. The molecule has 1 aliphatic heterocycles. The van der Waals surface area contributed by atoms with Crippen LogP contribution in [0.15, 0.2) is 51.9 Å². The van der Waals surface area contributed by atoms with E-state index in [0.717, 1.165) is 0 Å². The summed E-state index contributed by atoms with van der Waals surface area (Å²) in [5, 5.41) is 16.5. The summed E-state index contributed by atoms with van der Waals surface area (Å²) in [6, 6.07) is 10.8. The summed E-state index contributed by atoms with van der Waals surface area (Å²) in [7, 11) is -0.821. The second-order valence-corrected chi connectivity index (χ2v) is 12.6. The molecule has 238 valence electrons. The Bertz CT molecular complexity index is 1570. The summed E-state index contributed by atoms with van der Waals surface area (Å²) in [6.07, 6.45) is -0.641. The standard InChI is InChI=1S/C30H39N5O8S/c1-18-15-35(19(2)17-36)28(37)14-22-13-24(33-44(39,40)29-20(3)32-43-21(29)4)9-12-26(22)42-27(18)16-34(5)30(38)31-23-7-10-25(41-6)11-8-23/h7-13,18-19,27,33,36H,14-17H2,1-6H3,(H,31,38)/t18-,19+,27-/m1/s1. The number of carbonyl (C=O) groups excluding carboxylic acids is 2. The van der Waals surface area contributed by atoms with Crippen molar-refractivity contribution in [2.45, 2.75) is 51.2 Å². The summed E-state index contributed by atoms with van der Waals surface area (Å²) in [5.41, 5.74) is 1.49. The molecular formula is C30H39N5O8S. The number of benzene rings is 2. The lowest BCUT2D eigenvalue weighted by Gasteiger charge is -2.34. The molecule has 2 aromatic carbocycles. The first-order valence-electron chi connectivity index (χ1n) is 14.1. The predicted molar refractivity (Wildman–Crippen MR) is 163 cm³/mol. The zero-order chi connectivity index (χ0) is 32.2. The van der Waals surface area contributed by atoms with Crippen LogP contribution in [0.2, 0.25) is 0 Å². The van der Waals surface area contributed by atoms with Crippen molar-refractivity contribution >= 4 is 33.3 Å². The fourth-order valence-corrected chi connectivity index (χ4v) is 6.40. The van der Waals surface area contributed by atoms with Gasteiger partial charge in [0.25, 0.3) is 10.0 Å². The molecule has 0 unspecified atom stereocenters. The van der Waals surface area contributed by atoms with Gasteiger partial charge in [-0.15, -0.1) is 0 Å². The van der Waals surface area contributed by atoms with Crippen LogP contribution in [0.5, 0.6) is 11.5 Å². The summed E-state index contributed by atoms with van der Waals surface area (Å²) < 4.78 is 45.5. The Morgan fingerprint density at radius 2 is 1.89 bits per heavy atom. The van der Waals surface area contributed by atoms with E-state index in [4.69, 9.17) is 14.0 Å². The first kappa shape index (κ1) is 32.6. The monoisotopic (exact) mass is 629 g/mol. The molecule has 0 saturated carbocycles. The van der Waals surface area contributed by atoms with Crippen molar-refractivity contribution in [2.24, 2.45) is 5.92 Å². The number of nitrogens with zero attached hydrogens (tertiary/aromatic N) is 3. The number of carbonyl (C=O) groups is 2. The molecule has 13 nitrogen and oxygen atoms in total. The highest BCUT2D eigenvalue weighted by Gasteiger charge is 2.32. The van der Waals surface area contributed by atoms with Gasteiger partial charge in [0.15, 0.2) is 10.7 Å². The normalized spacial score (nSPS) is 17.8. The number of aryl methyl sites for hydroxylation is 2. The van der Waals surface area contributed by atoms with Gasteiger partial charge in [-0.05, 0) is 63.2 Å². The molecule has 1 aromatic heterocycles. The third-order valence-corrected chi connectivity index (χ3v) is 9.17. The predicted octanol–water partition coefficient (Wildman–Crippen LogP) is 3.41. The number of rotatable bonds is 9. The number of hydrogen-bond acceptors (Lipinski definition) is 9. The van der Waals surface area contributed by atoms with Gasteiger partial charge in [0, 0.05) is 36.4 Å². The second-order valence-electron chi connectivity index (χ2n) is 11.0. The Morgan fingerprint density at radius 3 is 2.50 bits per heavy atom. The van der Waals surface area contributed by atoms with E-state index < -0.39 is 22.2 Å². The number of likely N-dealkylation sites (N-methyl/N-ethyl adjacent to an activating group) is 1. The van der Waals surface area contributed by atoms with E-state index in [0.29, 0.717) is 22.7 Å². The Hall–Kier alpha value is -4.30. The highest BCUT2D eigenvalue weighted by Crippen LogP contribution is 2.31. The smallest absolute Gasteiger partial charge is 0.321 e. The number of aliphatic hydroxyl groups is 1. The Balaban J connectivity index is 1.61. The van der Waals surface area contributed by atoms with Gasteiger partial charge in [0.2, 0.25) is 5.91 Å². The molecule has 3 atom stereocenters. The van der Waals surface area contributed by atoms with Gasteiger partial charge in [-0.1, -0.05) is 12.1 Å². The molecule has 0 spiro atoms. The van der Waals surface area contributed by atoms with Crippen molar-refractivity contribution in [1.29, 1.82) is 0 Å². The molecule has 1 aliphatic rings. The molecule has 3 amide bonds. The van der Waals surface area contributed by atoms with E-state index in [1.165, 1.54) is 18.7 Å². The van der Waals surface area contributed by atoms with Crippen LogP contribution in [0.25, 0.3) is 0 Å². The molecule has 0 radical (unpaired) electrons. The van der Waals surface area contributed by atoms with Crippen molar-refractivity contribution in [3.8, 4) is 11.5 Å². The van der Waals surface area contributed by atoms with Crippen LogP contribution in [0.3, 0.4) is 0 Å². The van der Waals surface area contributed by atoms with Crippen LogP contribution >= 0.6 is 0 Å². The van der Waals surface area contributed by atoms with Gasteiger partial charge >= 0.3 is 6.03 Å². The summed E-state index contributed by atoms with van der Waals surface area (Å²) in [6.45, 7) is 6.93. The zero-order valence-corrected chi connectivity index (χ0v) is 26.5. The van der Waals surface area contributed by atoms with Crippen molar-refractivity contribution in [2.75, 3.05) is 43.9 Å². The highest BCUT2D eigenvalue weighted by atomic mass is 32.2. The molecule has 4 rings (SSSR count). The Kier molecular flexibility index (Phi) is 10.0. The average Bonchev–Trinajstić information content (AvgIpc) is 3.35. The number of methoxy groups -OCH3 is 1. The van der Waals surface area contributed by atoms with Crippen molar-refractivity contribution in [1.82, 2.24) is 15.0 Å². The van der Waals surface area contributed by atoms with E-state index in [1.807, 2.05) is 6.92 Å². The zero-order valence-electron chi connectivity index (χ0n) is 25.7. The number of aromatic nitrogens is 1. The lowest BCUT2D eigenvalue weighted by molar-refractivity contribution is -0.134. The molecule has 0 saturated heterocycles. The van der Waals surface area contributed by atoms with Gasteiger partial charge in [0.05, 0.1) is 32.7 Å². The first-order chi connectivity index (χ1) is 20.8. The van der Waals surface area contributed by atoms with Crippen LogP contribution in [0.4, 0.5) is 16.2 Å². The van der Waals surface area contributed by atoms with Gasteiger partial charge in [-0.2, -0.15) is 0 Å². The van der Waals surface area contributed by atoms with Crippen LogP contribution in [0.1, 0.15) is 30.9 Å². The Morgan fingerprint density at radius 1 is 1.20 bits per heavy atom. The van der Waals surface area contributed by atoms with Gasteiger partial charge in [0.1, 0.15) is 23.3 Å². The largest absolute Gasteiger partial charge is 0.497 e. The SMILES string of the molecule is COc1ccc(NC(=O)N(C)C[C@H]2Oc3ccc(NS(=O)(=O)c4c(C)noc4C)cc3CC(=O)N([C@@H](C)CO)C[C@H]2C)cc1. The molecule has 44 heavy (non-hydrogen) atoms. The van der Waals surface area contributed by atoms with E-state index in [1.54, 1.807) is 68.4 Å². The molecular weight excluding hydrogens is 590 g/mol. The molecule has 14 heteroatoms. The van der Waals surface area contributed by atoms with E-state index >= 15 is 0 Å². The number of nitrogens with one attached hydrogen (secondary N) is 2. The van der Waals surface area contributed by atoms with E-state index in [9.17, 15) is 23.1 Å². The molecule has 3 aromatic rings. The van der Waals surface area contributed by atoms with Crippen LogP contribution < -0.4 is 19.5 Å². The molecule has 0 fully saturated rings. The maximum Gasteiger partial charge on any atom is 0.321 e. The molecule has 0 bridgehead atoms. The third kappa shape index (κ3) is 7.42. The minimum absolute atomic E-state index is 0.0545. The molecule has 3 N–H and O–H groups in total. The lowest BCUT2D eigenvalue weighted by Crippen LogP contribution is -2.48.